The lowest BCUT2D eigenvalue weighted by molar-refractivity contribution is -0.0252. The molecule has 0 aromatic carbocycles. The summed E-state index contributed by atoms with van der Waals surface area (Å²) < 4.78 is 24.3. The highest BCUT2D eigenvalue weighted by atomic mass is 32.2. The molecule has 1 rings (SSSR count). The summed E-state index contributed by atoms with van der Waals surface area (Å²) in [7, 11) is -3.08. The number of hydrogen-bond acceptors (Lipinski definition) is 3. The molecule has 1 aliphatic heterocycles. The van der Waals surface area contributed by atoms with Crippen LogP contribution in [0.3, 0.4) is 0 Å². The number of aliphatic hydroxyl groups excluding tert-OH is 1. The maximum absolute atomic E-state index is 11.4. The molecule has 18 heavy (non-hydrogen) atoms. The molecule has 0 aliphatic carbocycles. The lowest BCUT2D eigenvalue weighted by atomic mass is 9.62. The van der Waals surface area contributed by atoms with E-state index in [0.29, 0.717) is 13.1 Å². The Morgan fingerprint density at radius 3 is 1.78 bits per heavy atom. The third-order valence-corrected chi connectivity index (χ3v) is 5.35. The van der Waals surface area contributed by atoms with Crippen molar-refractivity contribution < 1.29 is 13.5 Å². The van der Waals surface area contributed by atoms with E-state index in [1.807, 2.05) is 13.8 Å². The predicted octanol–water partition coefficient (Wildman–Crippen LogP) is 2.09. The smallest absolute Gasteiger partial charge is 0.211 e. The van der Waals surface area contributed by atoms with Gasteiger partial charge < -0.3 is 5.11 Å². The van der Waals surface area contributed by atoms with Crippen molar-refractivity contribution in [2.45, 2.75) is 47.5 Å². The van der Waals surface area contributed by atoms with Crippen molar-refractivity contribution in [1.29, 1.82) is 0 Å². The maximum atomic E-state index is 11.4. The largest absolute Gasteiger partial charge is 0.396 e. The van der Waals surface area contributed by atoms with Crippen LogP contribution in [0.25, 0.3) is 0 Å². The number of sulfonamides is 1. The Morgan fingerprint density at radius 2 is 1.56 bits per heavy atom. The van der Waals surface area contributed by atoms with Crippen LogP contribution in [0.2, 0.25) is 0 Å². The summed E-state index contributed by atoms with van der Waals surface area (Å²) in [5.41, 5.74) is -0.139. The number of aliphatic hydroxyl groups is 1. The van der Waals surface area contributed by atoms with E-state index in [9.17, 15) is 13.5 Å². The van der Waals surface area contributed by atoms with Gasteiger partial charge in [0.2, 0.25) is 10.0 Å². The molecule has 110 valence electrons. The molecule has 0 unspecified atom stereocenters. The van der Waals surface area contributed by atoms with Gasteiger partial charge in [0.25, 0.3) is 0 Å². The first-order valence-corrected chi connectivity index (χ1v) is 8.53. The predicted molar refractivity (Wildman–Crippen MR) is 76.0 cm³/mol. The minimum absolute atomic E-state index is 0.00530. The van der Waals surface area contributed by atoms with Gasteiger partial charge in [0, 0.05) is 25.1 Å². The standard InChI is InChI=1S/C11H23NO3S.C2H6/c1-10(2,3)11(9-13)5-7-12(8-6-11)16(4,14)15;1-2/h13H,5-9H2,1-4H3;1-2H3. The molecule has 1 aliphatic rings. The van der Waals surface area contributed by atoms with E-state index in [-0.39, 0.29) is 17.4 Å². The van der Waals surface area contributed by atoms with E-state index >= 15 is 0 Å². The third-order valence-electron chi connectivity index (χ3n) is 4.04. The van der Waals surface area contributed by atoms with Gasteiger partial charge in [-0.05, 0) is 18.3 Å². The Labute approximate surface area is 112 Å². The molecule has 0 bridgehead atoms. The second-order valence-electron chi connectivity index (χ2n) is 5.85. The second kappa shape index (κ2) is 6.35. The molecule has 1 fully saturated rings. The molecular formula is C13H29NO3S. The molecule has 0 radical (unpaired) electrons. The first kappa shape index (κ1) is 17.9. The minimum atomic E-state index is -3.08. The number of piperidine rings is 1. The van der Waals surface area contributed by atoms with Gasteiger partial charge in [0.1, 0.15) is 0 Å². The van der Waals surface area contributed by atoms with Crippen molar-refractivity contribution in [2.75, 3.05) is 26.0 Å². The Hall–Kier alpha value is -0.130. The summed E-state index contributed by atoms with van der Waals surface area (Å²) >= 11 is 0. The zero-order valence-corrected chi connectivity index (χ0v) is 13.5. The lowest BCUT2D eigenvalue weighted by Crippen LogP contribution is -2.49. The molecule has 1 saturated heterocycles. The monoisotopic (exact) mass is 279 g/mol. The molecule has 5 heteroatoms. The van der Waals surface area contributed by atoms with Gasteiger partial charge in [-0.2, -0.15) is 0 Å². The summed E-state index contributed by atoms with van der Waals surface area (Å²) in [6.45, 7) is 11.5. The van der Waals surface area contributed by atoms with Crippen molar-refractivity contribution in [2.24, 2.45) is 10.8 Å². The van der Waals surface area contributed by atoms with Crippen LogP contribution in [0, 0.1) is 10.8 Å². The Balaban J connectivity index is 0.00000137. The zero-order chi connectivity index (χ0) is 14.6. The maximum Gasteiger partial charge on any atom is 0.211 e. The third kappa shape index (κ3) is 3.93. The van der Waals surface area contributed by atoms with Gasteiger partial charge in [0.05, 0.1) is 6.26 Å². The average Bonchev–Trinajstić information content (AvgIpc) is 2.29. The van der Waals surface area contributed by atoms with Crippen molar-refractivity contribution >= 4 is 10.0 Å². The van der Waals surface area contributed by atoms with Gasteiger partial charge in [-0.15, -0.1) is 0 Å². The fourth-order valence-electron chi connectivity index (χ4n) is 2.39. The fourth-order valence-corrected chi connectivity index (χ4v) is 3.24. The van der Waals surface area contributed by atoms with Crippen LogP contribution in [0.5, 0.6) is 0 Å². The highest BCUT2D eigenvalue weighted by Crippen LogP contribution is 2.46. The zero-order valence-electron chi connectivity index (χ0n) is 12.7. The molecule has 0 spiro atoms. The molecule has 0 amide bonds. The van der Waals surface area contributed by atoms with E-state index in [1.54, 1.807) is 0 Å². The van der Waals surface area contributed by atoms with Crippen LogP contribution in [0.4, 0.5) is 0 Å². The molecule has 0 aromatic heterocycles. The highest BCUT2D eigenvalue weighted by molar-refractivity contribution is 7.88. The van der Waals surface area contributed by atoms with E-state index in [1.165, 1.54) is 10.6 Å². The molecule has 0 atom stereocenters. The first-order valence-electron chi connectivity index (χ1n) is 6.68. The van der Waals surface area contributed by atoms with Gasteiger partial charge in [-0.1, -0.05) is 34.6 Å². The van der Waals surface area contributed by atoms with E-state index in [2.05, 4.69) is 20.8 Å². The lowest BCUT2D eigenvalue weighted by Gasteiger charge is -2.48. The minimum Gasteiger partial charge on any atom is -0.396 e. The van der Waals surface area contributed by atoms with Crippen molar-refractivity contribution in [3.05, 3.63) is 0 Å². The first-order chi connectivity index (χ1) is 8.12. The normalized spacial score (nSPS) is 21.1. The van der Waals surface area contributed by atoms with Crippen LogP contribution in [-0.2, 0) is 10.0 Å². The number of hydrogen-bond donors (Lipinski definition) is 1. The topological polar surface area (TPSA) is 57.6 Å². The molecule has 1 N–H and O–H groups in total. The van der Waals surface area contributed by atoms with Crippen LogP contribution in [-0.4, -0.2) is 43.8 Å². The van der Waals surface area contributed by atoms with E-state index in [0.717, 1.165) is 12.8 Å². The Bertz CT molecular complexity index is 336. The Morgan fingerprint density at radius 1 is 1.17 bits per heavy atom. The molecule has 0 aromatic rings. The quantitative estimate of drug-likeness (QED) is 0.842. The van der Waals surface area contributed by atoms with Gasteiger partial charge in [-0.25, -0.2) is 12.7 Å². The number of nitrogens with zero attached hydrogens (tertiary/aromatic N) is 1. The van der Waals surface area contributed by atoms with E-state index < -0.39 is 10.0 Å². The second-order valence-corrected chi connectivity index (χ2v) is 7.83. The average molecular weight is 279 g/mol. The SMILES string of the molecule is CC.CC(C)(C)C1(CO)CCN(S(C)(=O)=O)CC1. The molecule has 1 heterocycles. The van der Waals surface area contributed by atoms with Gasteiger partial charge in [0.15, 0.2) is 0 Å². The molecule has 4 nitrogen and oxygen atoms in total. The van der Waals surface area contributed by atoms with Gasteiger partial charge in [-0.3, -0.25) is 0 Å². The Kier molecular flexibility index (Phi) is 6.30. The fraction of sp³-hybridized carbons (Fsp3) is 1.00. The summed E-state index contributed by atoms with van der Waals surface area (Å²) in [4.78, 5) is 0. The van der Waals surface area contributed by atoms with Crippen LogP contribution in [0.1, 0.15) is 47.5 Å². The number of rotatable bonds is 2. The molecular weight excluding hydrogens is 250 g/mol. The van der Waals surface area contributed by atoms with Crippen LogP contribution < -0.4 is 0 Å². The van der Waals surface area contributed by atoms with Gasteiger partial charge >= 0.3 is 0 Å². The van der Waals surface area contributed by atoms with Crippen molar-refractivity contribution in [1.82, 2.24) is 4.31 Å². The highest BCUT2D eigenvalue weighted by Gasteiger charge is 2.44. The van der Waals surface area contributed by atoms with Crippen molar-refractivity contribution in [3.8, 4) is 0 Å². The van der Waals surface area contributed by atoms with Crippen LogP contribution >= 0.6 is 0 Å². The van der Waals surface area contributed by atoms with E-state index in [4.69, 9.17) is 0 Å². The van der Waals surface area contributed by atoms with Crippen LogP contribution in [0.15, 0.2) is 0 Å². The summed E-state index contributed by atoms with van der Waals surface area (Å²) in [6.07, 6.45) is 2.72. The summed E-state index contributed by atoms with van der Waals surface area (Å²) in [6, 6.07) is 0. The summed E-state index contributed by atoms with van der Waals surface area (Å²) in [5.74, 6) is 0. The van der Waals surface area contributed by atoms with Crippen molar-refractivity contribution in [3.63, 3.8) is 0 Å². The summed E-state index contributed by atoms with van der Waals surface area (Å²) in [5, 5.41) is 9.60. The molecule has 0 saturated carbocycles.